The summed E-state index contributed by atoms with van der Waals surface area (Å²) < 4.78 is 26.2. The summed E-state index contributed by atoms with van der Waals surface area (Å²) >= 11 is 0. The molecule has 2 aromatic rings. The van der Waals surface area contributed by atoms with Crippen molar-refractivity contribution in [3.63, 3.8) is 0 Å². The number of benzene rings is 1. The third kappa shape index (κ3) is 2.08. The molecule has 0 aliphatic carbocycles. The lowest BCUT2D eigenvalue weighted by Crippen LogP contribution is -2.02. The molecule has 1 atom stereocenters. The van der Waals surface area contributed by atoms with E-state index in [0.29, 0.717) is 5.69 Å². The van der Waals surface area contributed by atoms with Crippen LogP contribution >= 0.6 is 0 Å². The van der Waals surface area contributed by atoms with Crippen molar-refractivity contribution < 1.29 is 8.78 Å². The van der Waals surface area contributed by atoms with Crippen molar-refractivity contribution in [1.29, 1.82) is 0 Å². The third-order valence-electron chi connectivity index (χ3n) is 2.57. The van der Waals surface area contributed by atoms with E-state index in [4.69, 9.17) is 0 Å². The molecule has 16 heavy (non-hydrogen) atoms. The molecule has 0 fully saturated rings. The van der Waals surface area contributed by atoms with Gasteiger partial charge in [0.15, 0.2) is 0 Å². The number of halogens is 2. The Labute approximate surface area is 92.8 Å². The molecule has 1 heterocycles. The van der Waals surface area contributed by atoms with Crippen molar-refractivity contribution in [1.82, 2.24) is 4.98 Å². The minimum Gasteiger partial charge on any atom is -0.258 e. The second-order valence-corrected chi connectivity index (χ2v) is 3.64. The summed E-state index contributed by atoms with van der Waals surface area (Å²) in [6, 6.07) is 8.96. The zero-order valence-corrected chi connectivity index (χ0v) is 8.82. The second-order valence-electron chi connectivity index (χ2n) is 3.64. The van der Waals surface area contributed by atoms with E-state index in [1.165, 1.54) is 18.2 Å². The van der Waals surface area contributed by atoms with E-state index in [1.807, 2.05) is 6.92 Å². The van der Waals surface area contributed by atoms with Crippen LogP contribution in [0.5, 0.6) is 0 Å². The lowest BCUT2D eigenvalue weighted by atomic mass is 9.97. The Bertz CT molecular complexity index is 480. The van der Waals surface area contributed by atoms with Gasteiger partial charge in [0.05, 0.1) is 5.69 Å². The fourth-order valence-corrected chi connectivity index (χ4v) is 1.63. The molecule has 1 unspecified atom stereocenters. The molecule has 0 bridgehead atoms. The average Bonchev–Trinajstić information content (AvgIpc) is 2.30. The number of aromatic nitrogens is 1. The van der Waals surface area contributed by atoms with Gasteiger partial charge in [-0.15, -0.1) is 0 Å². The first kappa shape index (κ1) is 10.7. The fraction of sp³-hybridized carbons (Fsp3) is 0.154. The van der Waals surface area contributed by atoms with E-state index in [-0.39, 0.29) is 17.6 Å². The van der Waals surface area contributed by atoms with Gasteiger partial charge in [-0.1, -0.05) is 19.1 Å². The number of pyridine rings is 1. The highest BCUT2D eigenvalue weighted by Crippen LogP contribution is 2.24. The van der Waals surface area contributed by atoms with E-state index >= 15 is 0 Å². The van der Waals surface area contributed by atoms with Gasteiger partial charge in [-0.2, -0.15) is 0 Å². The Hall–Kier alpha value is -1.77. The van der Waals surface area contributed by atoms with Gasteiger partial charge in [0.1, 0.15) is 11.6 Å². The van der Waals surface area contributed by atoms with Crippen LogP contribution in [0.25, 0.3) is 0 Å². The molecule has 0 N–H and O–H groups in total. The predicted molar refractivity (Wildman–Crippen MR) is 58.1 cm³/mol. The van der Waals surface area contributed by atoms with Crippen LogP contribution < -0.4 is 0 Å². The minimum atomic E-state index is -0.334. The zero-order valence-electron chi connectivity index (χ0n) is 8.82. The Morgan fingerprint density at radius 1 is 1.06 bits per heavy atom. The van der Waals surface area contributed by atoms with Crippen LogP contribution in [0.1, 0.15) is 24.1 Å². The highest BCUT2D eigenvalue weighted by Gasteiger charge is 2.13. The van der Waals surface area contributed by atoms with Crippen molar-refractivity contribution in [2.24, 2.45) is 0 Å². The molecule has 0 aliphatic heterocycles. The zero-order chi connectivity index (χ0) is 11.5. The maximum Gasteiger partial charge on any atom is 0.145 e. The SMILES string of the molecule is CC(c1ccc(F)cc1)c1ncccc1F. The standard InChI is InChI=1S/C13H11F2N/c1-9(10-4-6-11(14)7-5-10)13-12(15)3-2-8-16-13/h2-9H,1H3. The van der Waals surface area contributed by atoms with Crippen LogP contribution in [-0.2, 0) is 0 Å². The summed E-state index contributed by atoms with van der Waals surface area (Å²) in [6.07, 6.45) is 1.55. The Morgan fingerprint density at radius 2 is 1.75 bits per heavy atom. The monoisotopic (exact) mass is 219 g/mol. The largest absolute Gasteiger partial charge is 0.258 e. The molecule has 2 rings (SSSR count). The van der Waals surface area contributed by atoms with Crippen molar-refractivity contribution >= 4 is 0 Å². The number of hydrogen-bond acceptors (Lipinski definition) is 1. The molecular formula is C13H11F2N. The molecular weight excluding hydrogens is 208 g/mol. The summed E-state index contributed by atoms with van der Waals surface area (Å²) in [5.41, 5.74) is 1.23. The first-order valence-electron chi connectivity index (χ1n) is 5.04. The Kier molecular flexibility index (Phi) is 2.95. The fourth-order valence-electron chi connectivity index (χ4n) is 1.63. The van der Waals surface area contributed by atoms with E-state index < -0.39 is 0 Å². The lowest BCUT2D eigenvalue weighted by molar-refractivity contribution is 0.589. The molecule has 0 saturated carbocycles. The molecule has 1 aromatic heterocycles. The predicted octanol–water partition coefficient (Wildman–Crippen LogP) is 3.51. The van der Waals surface area contributed by atoms with Crippen LogP contribution in [0.2, 0.25) is 0 Å². The highest BCUT2D eigenvalue weighted by atomic mass is 19.1. The minimum absolute atomic E-state index is 0.179. The van der Waals surface area contributed by atoms with Gasteiger partial charge in [-0.3, -0.25) is 4.98 Å². The van der Waals surface area contributed by atoms with Gasteiger partial charge in [-0.05, 0) is 29.8 Å². The molecule has 0 saturated heterocycles. The Balaban J connectivity index is 2.35. The first-order chi connectivity index (χ1) is 7.68. The van der Waals surface area contributed by atoms with Crippen LogP contribution in [0, 0.1) is 11.6 Å². The van der Waals surface area contributed by atoms with Crippen LogP contribution in [0.15, 0.2) is 42.6 Å². The van der Waals surface area contributed by atoms with E-state index in [9.17, 15) is 8.78 Å². The smallest absolute Gasteiger partial charge is 0.145 e. The number of nitrogens with zero attached hydrogens (tertiary/aromatic N) is 1. The Morgan fingerprint density at radius 3 is 2.38 bits per heavy atom. The van der Waals surface area contributed by atoms with Crippen molar-refractivity contribution in [2.75, 3.05) is 0 Å². The molecule has 1 nitrogen and oxygen atoms in total. The van der Waals surface area contributed by atoms with E-state index in [0.717, 1.165) is 5.56 Å². The van der Waals surface area contributed by atoms with E-state index in [1.54, 1.807) is 24.4 Å². The summed E-state index contributed by atoms with van der Waals surface area (Å²) in [6.45, 7) is 1.85. The summed E-state index contributed by atoms with van der Waals surface area (Å²) in [5.74, 6) is -0.807. The van der Waals surface area contributed by atoms with Gasteiger partial charge in [0, 0.05) is 12.1 Å². The van der Waals surface area contributed by atoms with Crippen molar-refractivity contribution in [3.05, 3.63) is 65.5 Å². The van der Waals surface area contributed by atoms with Gasteiger partial charge in [0.25, 0.3) is 0 Å². The lowest BCUT2D eigenvalue weighted by Gasteiger charge is -2.11. The van der Waals surface area contributed by atoms with Gasteiger partial charge >= 0.3 is 0 Å². The van der Waals surface area contributed by atoms with E-state index in [2.05, 4.69) is 4.98 Å². The third-order valence-corrected chi connectivity index (χ3v) is 2.57. The van der Waals surface area contributed by atoms with Gasteiger partial charge in [-0.25, -0.2) is 8.78 Å². The van der Waals surface area contributed by atoms with Gasteiger partial charge < -0.3 is 0 Å². The molecule has 3 heteroatoms. The molecule has 0 aliphatic rings. The second kappa shape index (κ2) is 4.39. The maximum absolute atomic E-state index is 13.5. The summed E-state index contributed by atoms with van der Waals surface area (Å²) in [7, 11) is 0. The highest BCUT2D eigenvalue weighted by molar-refractivity contribution is 5.28. The first-order valence-corrected chi connectivity index (χ1v) is 5.04. The molecule has 0 amide bonds. The molecule has 0 radical (unpaired) electrons. The topological polar surface area (TPSA) is 12.9 Å². The number of rotatable bonds is 2. The molecule has 0 spiro atoms. The average molecular weight is 219 g/mol. The van der Waals surface area contributed by atoms with Crippen LogP contribution in [0.3, 0.4) is 0 Å². The quantitative estimate of drug-likeness (QED) is 0.753. The molecule has 82 valence electrons. The number of hydrogen-bond donors (Lipinski definition) is 0. The maximum atomic E-state index is 13.5. The summed E-state index contributed by atoms with van der Waals surface area (Å²) in [4.78, 5) is 4.01. The van der Waals surface area contributed by atoms with Gasteiger partial charge in [0.2, 0.25) is 0 Å². The normalized spacial score (nSPS) is 12.4. The summed E-state index contributed by atoms with van der Waals surface area (Å²) in [5, 5.41) is 0. The van der Waals surface area contributed by atoms with Crippen molar-refractivity contribution in [2.45, 2.75) is 12.8 Å². The van der Waals surface area contributed by atoms with Crippen LogP contribution in [0.4, 0.5) is 8.78 Å². The molecule has 1 aromatic carbocycles. The van der Waals surface area contributed by atoms with Crippen molar-refractivity contribution in [3.8, 4) is 0 Å². The van der Waals surface area contributed by atoms with Crippen LogP contribution in [-0.4, -0.2) is 4.98 Å².